The summed E-state index contributed by atoms with van der Waals surface area (Å²) in [6.45, 7) is 3.56. The molecule has 0 aromatic heterocycles. The van der Waals surface area contributed by atoms with E-state index >= 15 is 0 Å². The molecule has 0 aliphatic rings. The Balaban J connectivity index is 2.81. The smallest absolute Gasteiger partial charge is 0.146 e. The third-order valence-corrected chi connectivity index (χ3v) is 2.59. The van der Waals surface area contributed by atoms with E-state index in [-0.39, 0.29) is 0 Å². The molecule has 0 aromatic rings. The molecule has 0 fully saturated rings. The lowest BCUT2D eigenvalue weighted by atomic mass is 10.1. The van der Waals surface area contributed by atoms with Crippen LogP contribution in [0.2, 0.25) is 0 Å². The number of methoxy groups -OCH3 is 1. The van der Waals surface area contributed by atoms with Crippen molar-refractivity contribution >= 4 is 0 Å². The number of hydrogen-bond acceptors (Lipinski definition) is 2. The minimum Gasteiger partial charge on any atom is -0.359 e. The Bertz CT molecular complexity index is 92.7. The van der Waals surface area contributed by atoms with Gasteiger partial charge in [0, 0.05) is 13.7 Å². The second-order valence-electron chi connectivity index (χ2n) is 4.14. The fourth-order valence-electron chi connectivity index (χ4n) is 1.66. The Morgan fingerprint density at radius 3 is 1.80 bits per heavy atom. The van der Waals surface area contributed by atoms with Crippen LogP contribution < -0.4 is 0 Å². The van der Waals surface area contributed by atoms with Crippen LogP contribution in [0.25, 0.3) is 0 Å². The average molecular weight is 216 g/mol. The molecular formula is C13H28O2. The molecule has 0 bridgehead atoms. The minimum atomic E-state index is 0.441. The standard InChI is InChI=1S/C13H28O2/c1-3-4-5-6-7-8-9-10-11-12-15-13-14-2/h3-13H2,1-2H3. The van der Waals surface area contributed by atoms with E-state index in [0.717, 1.165) is 6.61 Å². The van der Waals surface area contributed by atoms with Crippen molar-refractivity contribution in [2.45, 2.75) is 64.7 Å². The van der Waals surface area contributed by atoms with Crippen LogP contribution in [0.15, 0.2) is 0 Å². The zero-order chi connectivity index (χ0) is 11.2. The van der Waals surface area contributed by atoms with Crippen LogP contribution in [-0.4, -0.2) is 20.5 Å². The predicted molar refractivity (Wildman–Crippen MR) is 65.1 cm³/mol. The summed E-state index contributed by atoms with van der Waals surface area (Å²) in [5.74, 6) is 0. The molecule has 0 aliphatic heterocycles. The number of rotatable bonds is 12. The topological polar surface area (TPSA) is 18.5 Å². The van der Waals surface area contributed by atoms with Gasteiger partial charge in [-0.25, -0.2) is 0 Å². The summed E-state index contributed by atoms with van der Waals surface area (Å²) in [4.78, 5) is 0. The van der Waals surface area contributed by atoms with Gasteiger partial charge in [0.15, 0.2) is 0 Å². The van der Waals surface area contributed by atoms with Gasteiger partial charge in [-0.1, -0.05) is 58.3 Å². The maximum atomic E-state index is 5.22. The Labute approximate surface area is 95.3 Å². The number of hydrogen-bond donors (Lipinski definition) is 0. The zero-order valence-electron chi connectivity index (χ0n) is 10.6. The maximum Gasteiger partial charge on any atom is 0.146 e. The van der Waals surface area contributed by atoms with Gasteiger partial charge in [0.25, 0.3) is 0 Å². The van der Waals surface area contributed by atoms with Crippen LogP contribution in [0.5, 0.6) is 0 Å². The van der Waals surface area contributed by atoms with Gasteiger partial charge >= 0.3 is 0 Å². The molecular weight excluding hydrogens is 188 g/mol. The van der Waals surface area contributed by atoms with E-state index in [0.29, 0.717) is 6.79 Å². The van der Waals surface area contributed by atoms with Crippen molar-refractivity contribution < 1.29 is 9.47 Å². The lowest BCUT2D eigenvalue weighted by Gasteiger charge is -2.03. The highest BCUT2D eigenvalue weighted by Gasteiger charge is 1.92. The summed E-state index contributed by atoms with van der Waals surface area (Å²) < 4.78 is 10.0. The molecule has 0 rings (SSSR count). The summed E-state index contributed by atoms with van der Waals surface area (Å²) in [6.07, 6.45) is 12.3. The highest BCUT2D eigenvalue weighted by molar-refractivity contribution is 4.46. The molecule has 2 heteroatoms. The van der Waals surface area contributed by atoms with Gasteiger partial charge in [-0.3, -0.25) is 0 Å². The van der Waals surface area contributed by atoms with Crippen molar-refractivity contribution in [3.05, 3.63) is 0 Å². The van der Waals surface area contributed by atoms with Crippen molar-refractivity contribution in [3.63, 3.8) is 0 Å². The Morgan fingerprint density at radius 2 is 1.27 bits per heavy atom. The molecule has 0 atom stereocenters. The van der Waals surface area contributed by atoms with Gasteiger partial charge in [0.05, 0.1) is 0 Å². The van der Waals surface area contributed by atoms with Gasteiger partial charge in [-0.05, 0) is 6.42 Å². The Morgan fingerprint density at radius 1 is 0.733 bits per heavy atom. The van der Waals surface area contributed by atoms with Gasteiger partial charge in [-0.2, -0.15) is 0 Å². The quantitative estimate of drug-likeness (QED) is 0.360. The highest BCUT2D eigenvalue weighted by Crippen LogP contribution is 2.09. The fraction of sp³-hybridized carbons (Fsp3) is 1.00. The van der Waals surface area contributed by atoms with E-state index in [2.05, 4.69) is 6.92 Å². The molecule has 2 nitrogen and oxygen atoms in total. The van der Waals surface area contributed by atoms with Gasteiger partial charge in [0.2, 0.25) is 0 Å². The monoisotopic (exact) mass is 216 g/mol. The fourth-order valence-corrected chi connectivity index (χ4v) is 1.66. The van der Waals surface area contributed by atoms with Crippen LogP contribution in [0.3, 0.4) is 0 Å². The van der Waals surface area contributed by atoms with E-state index in [9.17, 15) is 0 Å². The van der Waals surface area contributed by atoms with Gasteiger partial charge in [-0.15, -0.1) is 0 Å². The van der Waals surface area contributed by atoms with Crippen LogP contribution in [0.1, 0.15) is 64.7 Å². The third-order valence-electron chi connectivity index (χ3n) is 2.59. The largest absolute Gasteiger partial charge is 0.359 e. The zero-order valence-corrected chi connectivity index (χ0v) is 10.6. The molecule has 0 spiro atoms. The molecule has 0 radical (unpaired) electrons. The minimum absolute atomic E-state index is 0.441. The molecule has 0 N–H and O–H groups in total. The molecule has 0 unspecified atom stereocenters. The first-order valence-electron chi connectivity index (χ1n) is 6.48. The third kappa shape index (κ3) is 13.9. The molecule has 92 valence electrons. The van der Waals surface area contributed by atoms with E-state index in [1.54, 1.807) is 7.11 Å². The van der Waals surface area contributed by atoms with E-state index in [1.165, 1.54) is 57.8 Å². The molecule has 0 aliphatic carbocycles. The van der Waals surface area contributed by atoms with Crippen LogP contribution >= 0.6 is 0 Å². The summed E-state index contributed by atoms with van der Waals surface area (Å²) in [5.41, 5.74) is 0. The van der Waals surface area contributed by atoms with E-state index in [4.69, 9.17) is 9.47 Å². The lowest BCUT2D eigenvalue weighted by molar-refractivity contribution is -0.0315. The van der Waals surface area contributed by atoms with Crippen molar-refractivity contribution in [1.82, 2.24) is 0 Å². The van der Waals surface area contributed by atoms with Crippen LogP contribution in [-0.2, 0) is 9.47 Å². The van der Waals surface area contributed by atoms with Gasteiger partial charge < -0.3 is 9.47 Å². The Hall–Kier alpha value is -0.0800. The summed E-state index contributed by atoms with van der Waals surface area (Å²) in [5, 5.41) is 0. The first-order valence-corrected chi connectivity index (χ1v) is 6.48. The SMILES string of the molecule is CCCCCCCCCCCOCOC. The number of ether oxygens (including phenoxy) is 2. The Kier molecular flexibility index (Phi) is 13.8. The molecule has 0 saturated carbocycles. The first kappa shape index (κ1) is 14.9. The van der Waals surface area contributed by atoms with Crippen LogP contribution in [0.4, 0.5) is 0 Å². The van der Waals surface area contributed by atoms with Crippen LogP contribution in [0, 0.1) is 0 Å². The summed E-state index contributed by atoms with van der Waals surface area (Å²) in [7, 11) is 1.66. The van der Waals surface area contributed by atoms with Crippen molar-refractivity contribution in [1.29, 1.82) is 0 Å². The maximum absolute atomic E-state index is 5.22. The molecule has 0 heterocycles. The van der Waals surface area contributed by atoms with Crippen molar-refractivity contribution in [2.75, 3.05) is 20.5 Å². The summed E-state index contributed by atoms with van der Waals surface area (Å²) in [6, 6.07) is 0. The van der Waals surface area contributed by atoms with E-state index < -0.39 is 0 Å². The van der Waals surface area contributed by atoms with Crippen molar-refractivity contribution in [3.8, 4) is 0 Å². The lowest BCUT2D eigenvalue weighted by Crippen LogP contribution is -1.98. The van der Waals surface area contributed by atoms with Crippen molar-refractivity contribution in [2.24, 2.45) is 0 Å². The molecule has 0 aromatic carbocycles. The second-order valence-corrected chi connectivity index (χ2v) is 4.14. The second kappa shape index (κ2) is 13.9. The predicted octanol–water partition coefficient (Wildman–Crippen LogP) is 4.14. The summed E-state index contributed by atoms with van der Waals surface area (Å²) >= 11 is 0. The van der Waals surface area contributed by atoms with E-state index in [1.807, 2.05) is 0 Å². The molecule has 0 saturated heterocycles. The first-order chi connectivity index (χ1) is 7.41. The highest BCUT2D eigenvalue weighted by atomic mass is 16.7. The van der Waals surface area contributed by atoms with Gasteiger partial charge in [0.1, 0.15) is 6.79 Å². The molecule has 0 amide bonds. The molecule has 15 heavy (non-hydrogen) atoms. The normalized spacial score (nSPS) is 10.8. The average Bonchev–Trinajstić information content (AvgIpc) is 2.26. The number of unbranched alkanes of at least 4 members (excludes halogenated alkanes) is 8.